The van der Waals surface area contributed by atoms with Crippen LogP contribution in [0.25, 0.3) is 0 Å². The van der Waals surface area contributed by atoms with Gasteiger partial charge in [0.05, 0.1) is 23.8 Å². The molecule has 5 heteroatoms. The Labute approximate surface area is 106 Å². The van der Waals surface area contributed by atoms with Gasteiger partial charge in [0.2, 0.25) is 0 Å². The Morgan fingerprint density at radius 2 is 1.72 bits per heavy atom. The van der Waals surface area contributed by atoms with E-state index in [2.05, 4.69) is 0 Å². The van der Waals surface area contributed by atoms with Crippen LogP contribution >= 0.6 is 0 Å². The van der Waals surface area contributed by atoms with Crippen molar-refractivity contribution in [2.24, 2.45) is 5.73 Å². The molecule has 0 spiro atoms. The normalized spacial score (nSPS) is 17.8. The highest BCUT2D eigenvalue weighted by Crippen LogP contribution is 2.25. The number of carbonyl (C=O) groups excluding carboxylic acids is 2. The predicted octanol–water partition coefficient (Wildman–Crippen LogP) is 0.645. The number of fused-ring (bicyclic) bond motifs is 1. The molecule has 2 N–H and O–H groups in total. The van der Waals surface area contributed by atoms with E-state index >= 15 is 0 Å². The lowest BCUT2D eigenvalue weighted by atomic mass is 10.1. The van der Waals surface area contributed by atoms with Crippen molar-refractivity contribution >= 4 is 11.8 Å². The highest BCUT2D eigenvalue weighted by atomic mass is 16.5. The number of rotatable bonds is 4. The van der Waals surface area contributed by atoms with Crippen LogP contribution in [0.1, 0.15) is 27.6 Å². The molecule has 0 unspecified atom stereocenters. The van der Waals surface area contributed by atoms with Gasteiger partial charge in [-0.1, -0.05) is 12.1 Å². The lowest BCUT2D eigenvalue weighted by Crippen LogP contribution is -2.50. The maximum absolute atomic E-state index is 12.2. The first-order valence-electron chi connectivity index (χ1n) is 5.79. The van der Waals surface area contributed by atoms with Crippen LogP contribution in [0.3, 0.4) is 0 Å². The van der Waals surface area contributed by atoms with Crippen molar-refractivity contribution in [3.05, 3.63) is 35.4 Å². The van der Waals surface area contributed by atoms with E-state index in [-0.39, 0.29) is 11.8 Å². The number of amides is 2. The monoisotopic (exact) mass is 248 g/mol. The average Bonchev–Trinajstić information content (AvgIpc) is 2.62. The summed E-state index contributed by atoms with van der Waals surface area (Å²) in [6.07, 6.45) is 0. The third-order valence-corrected chi connectivity index (χ3v) is 3.21. The number of imide groups is 1. The van der Waals surface area contributed by atoms with Crippen molar-refractivity contribution in [3.8, 4) is 0 Å². The van der Waals surface area contributed by atoms with Gasteiger partial charge in [0.1, 0.15) is 0 Å². The number of nitrogens with two attached hydrogens (primary N) is 1. The zero-order valence-corrected chi connectivity index (χ0v) is 10.4. The minimum absolute atomic E-state index is 0.283. The molecule has 18 heavy (non-hydrogen) atoms. The Balaban J connectivity index is 2.28. The minimum atomic E-state index is -0.391. The summed E-state index contributed by atoms with van der Waals surface area (Å²) in [7, 11) is 1.54. The van der Waals surface area contributed by atoms with Gasteiger partial charge >= 0.3 is 0 Å². The molecule has 2 atom stereocenters. The number of methoxy groups -OCH3 is 1. The van der Waals surface area contributed by atoms with Gasteiger partial charge in [0.15, 0.2) is 0 Å². The molecule has 96 valence electrons. The zero-order chi connectivity index (χ0) is 13.3. The summed E-state index contributed by atoms with van der Waals surface area (Å²) in [4.78, 5) is 25.5. The molecule has 1 aliphatic rings. The van der Waals surface area contributed by atoms with Crippen LogP contribution in [0.4, 0.5) is 0 Å². The topological polar surface area (TPSA) is 72.6 Å². The molecule has 0 saturated heterocycles. The van der Waals surface area contributed by atoms with Gasteiger partial charge in [-0.25, -0.2) is 0 Å². The zero-order valence-electron chi connectivity index (χ0n) is 10.4. The van der Waals surface area contributed by atoms with Crippen LogP contribution < -0.4 is 5.73 Å². The van der Waals surface area contributed by atoms with E-state index in [0.29, 0.717) is 17.7 Å². The highest BCUT2D eigenvalue weighted by Gasteiger charge is 2.39. The quantitative estimate of drug-likeness (QED) is 0.794. The summed E-state index contributed by atoms with van der Waals surface area (Å²) in [5, 5.41) is 0. The van der Waals surface area contributed by atoms with Gasteiger partial charge in [0, 0.05) is 13.2 Å². The number of hydrogen-bond donors (Lipinski definition) is 1. The largest absolute Gasteiger partial charge is 0.383 e. The Bertz CT molecular complexity index is 452. The molecule has 5 nitrogen and oxygen atoms in total. The van der Waals surface area contributed by atoms with E-state index in [9.17, 15) is 9.59 Å². The first kappa shape index (κ1) is 12.7. The number of nitrogens with zero attached hydrogens (tertiary/aromatic N) is 1. The molecule has 1 aliphatic heterocycles. The van der Waals surface area contributed by atoms with Crippen molar-refractivity contribution in [1.29, 1.82) is 0 Å². The molecule has 1 aromatic carbocycles. The summed E-state index contributed by atoms with van der Waals surface area (Å²) in [5.41, 5.74) is 6.78. The highest BCUT2D eigenvalue weighted by molar-refractivity contribution is 6.21. The van der Waals surface area contributed by atoms with Gasteiger partial charge < -0.3 is 10.5 Å². The maximum atomic E-state index is 12.2. The first-order chi connectivity index (χ1) is 8.57. The molecule has 0 aromatic heterocycles. The van der Waals surface area contributed by atoms with Crippen LogP contribution in [0.2, 0.25) is 0 Å². The van der Waals surface area contributed by atoms with Gasteiger partial charge in [-0.15, -0.1) is 0 Å². The summed E-state index contributed by atoms with van der Waals surface area (Å²) in [6.45, 7) is 2.06. The SMILES string of the molecule is COC[C@@H](N)[C@H](C)N1C(=O)c2ccccc2C1=O. The van der Waals surface area contributed by atoms with Crippen LogP contribution in [-0.2, 0) is 4.74 Å². The fraction of sp³-hybridized carbons (Fsp3) is 0.385. The second-order valence-electron chi connectivity index (χ2n) is 4.39. The minimum Gasteiger partial charge on any atom is -0.383 e. The molecule has 0 saturated carbocycles. The summed E-state index contributed by atoms with van der Waals surface area (Å²) < 4.78 is 4.96. The number of hydrogen-bond acceptors (Lipinski definition) is 4. The molecule has 1 aromatic rings. The fourth-order valence-corrected chi connectivity index (χ4v) is 2.10. The third kappa shape index (κ3) is 1.91. The van der Waals surface area contributed by atoms with Crippen LogP contribution in [-0.4, -0.2) is 42.5 Å². The molecule has 0 fully saturated rings. The van der Waals surface area contributed by atoms with Gasteiger partial charge in [-0.2, -0.15) is 0 Å². The molecule has 0 bridgehead atoms. The lowest BCUT2D eigenvalue weighted by molar-refractivity contribution is 0.0537. The second kappa shape index (κ2) is 4.88. The number of benzene rings is 1. The molecule has 2 amide bonds. The average molecular weight is 248 g/mol. The van der Waals surface area contributed by atoms with E-state index in [4.69, 9.17) is 10.5 Å². The van der Waals surface area contributed by atoms with Crippen molar-refractivity contribution < 1.29 is 14.3 Å². The molecule has 0 aliphatic carbocycles. The van der Waals surface area contributed by atoms with Crippen molar-refractivity contribution in [3.63, 3.8) is 0 Å². The maximum Gasteiger partial charge on any atom is 0.261 e. The first-order valence-corrected chi connectivity index (χ1v) is 5.79. The van der Waals surface area contributed by atoms with Gasteiger partial charge in [0.25, 0.3) is 11.8 Å². The van der Waals surface area contributed by atoms with E-state index < -0.39 is 12.1 Å². The van der Waals surface area contributed by atoms with E-state index in [1.165, 1.54) is 12.0 Å². The second-order valence-corrected chi connectivity index (χ2v) is 4.39. The van der Waals surface area contributed by atoms with E-state index in [0.717, 1.165) is 0 Å². The molecular formula is C13H16N2O3. The lowest BCUT2D eigenvalue weighted by Gasteiger charge is -2.27. The smallest absolute Gasteiger partial charge is 0.261 e. The fourth-order valence-electron chi connectivity index (χ4n) is 2.10. The van der Waals surface area contributed by atoms with Crippen molar-refractivity contribution in [2.45, 2.75) is 19.0 Å². The summed E-state index contributed by atoms with van der Waals surface area (Å²) >= 11 is 0. The van der Waals surface area contributed by atoms with E-state index in [1.54, 1.807) is 31.2 Å². The Morgan fingerprint density at radius 3 is 2.17 bits per heavy atom. The molecule has 1 heterocycles. The van der Waals surface area contributed by atoms with Crippen LogP contribution in [0.5, 0.6) is 0 Å². The third-order valence-electron chi connectivity index (χ3n) is 3.21. The standard InChI is InChI=1S/C13H16N2O3/c1-8(11(14)7-18-2)15-12(16)9-5-3-4-6-10(9)13(15)17/h3-6,8,11H,7,14H2,1-2H3/t8-,11+/m0/s1. The Kier molecular flexibility index (Phi) is 3.45. The molecule has 2 rings (SSSR count). The number of ether oxygens (including phenoxy) is 1. The molecule has 0 radical (unpaired) electrons. The number of carbonyl (C=O) groups is 2. The van der Waals surface area contributed by atoms with Crippen LogP contribution in [0, 0.1) is 0 Å². The molecular weight excluding hydrogens is 232 g/mol. The summed E-state index contributed by atoms with van der Waals surface area (Å²) in [5.74, 6) is -0.565. The summed E-state index contributed by atoms with van der Waals surface area (Å²) in [6, 6.07) is 6.02. The van der Waals surface area contributed by atoms with E-state index in [1.807, 2.05) is 0 Å². The Morgan fingerprint density at radius 1 is 1.22 bits per heavy atom. The van der Waals surface area contributed by atoms with Crippen molar-refractivity contribution in [1.82, 2.24) is 4.90 Å². The Hall–Kier alpha value is -1.72. The van der Waals surface area contributed by atoms with Gasteiger partial charge in [-0.05, 0) is 19.1 Å². The van der Waals surface area contributed by atoms with Crippen LogP contribution in [0.15, 0.2) is 24.3 Å². The predicted molar refractivity (Wildman–Crippen MR) is 66.3 cm³/mol. The van der Waals surface area contributed by atoms with Crippen molar-refractivity contribution in [2.75, 3.05) is 13.7 Å². The van der Waals surface area contributed by atoms with Gasteiger partial charge in [-0.3, -0.25) is 14.5 Å².